The highest BCUT2D eigenvalue weighted by Crippen LogP contribution is 2.18. The van der Waals surface area contributed by atoms with E-state index in [1.807, 2.05) is 54.6 Å². The number of aromatic nitrogens is 3. The molecule has 1 amide bonds. The van der Waals surface area contributed by atoms with E-state index in [4.69, 9.17) is 10.6 Å². The summed E-state index contributed by atoms with van der Waals surface area (Å²) in [5.74, 6) is 7.44. The average Bonchev–Trinajstić information content (AvgIpc) is 3.05. The van der Waals surface area contributed by atoms with Gasteiger partial charge in [0.2, 0.25) is 11.1 Å². The highest BCUT2D eigenvalue weighted by molar-refractivity contribution is 7.99. The lowest BCUT2D eigenvalue weighted by Crippen LogP contribution is -2.18. The van der Waals surface area contributed by atoms with E-state index in [2.05, 4.69) is 20.8 Å². The molecule has 0 aliphatic rings. The van der Waals surface area contributed by atoms with Gasteiger partial charge in [0.15, 0.2) is 5.82 Å². The summed E-state index contributed by atoms with van der Waals surface area (Å²) in [6.45, 7) is 0.409. The highest BCUT2D eigenvalue weighted by atomic mass is 32.2. The predicted molar refractivity (Wildman–Crippen MR) is 106 cm³/mol. The van der Waals surface area contributed by atoms with Gasteiger partial charge in [0.05, 0.1) is 19.4 Å². The number of nitrogen functional groups attached to an aromatic ring is 1. The first-order chi connectivity index (χ1) is 13.2. The van der Waals surface area contributed by atoms with Crippen molar-refractivity contribution < 1.29 is 9.53 Å². The minimum atomic E-state index is -0.132. The van der Waals surface area contributed by atoms with Crippen molar-refractivity contribution in [1.29, 1.82) is 0 Å². The van der Waals surface area contributed by atoms with Gasteiger partial charge < -0.3 is 21.2 Å². The number of thioether (sulfide) groups is 1. The monoisotopic (exact) mass is 384 g/mol. The van der Waals surface area contributed by atoms with Gasteiger partial charge in [0, 0.05) is 11.4 Å². The van der Waals surface area contributed by atoms with Crippen molar-refractivity contribution in [1.82, 2.24) is 14.9 Å². The van der Waals surface area contributed by atoms with Crippen LogP contribution in [0.3, 0.4) is 0 Å². The molecule has 9 heteroatoms. The van der Waals surface area contributed by atoms with Crippen molar-refractivity contribution in [2.45, 2.75) is 11.7 Å². The van der Waals surface area contributed by atoms with Gasteiger partial charge >= 0.3 is 0 Å². The number of carbonyl (C=O) groups excluding carboxylic acids is 1. The molecule has 0 atom stereocenters. The Morgan fingerprint density at radius 3 is 2.56 bits per heavy atom. The summed E-state index contributed by atoms with van der Waals surface area (Å²) in [4.78, 5) is 12.0. The molecule has 3 rings (SSSR count). The van der Waals surface area contributed by atoms with Crippen LogP contribution in [-0.4, -0.2) is 33.6 Å². The van der Waals surface area contributed by atoms with E-state index in [-0.39, 0.29) is 11.7 Å². The summed E-state index contributed by atoms with van der Waals surface area (Å²) >= 11 is 1.23. The third kappa shape index (κ3) is 5.14. The Kier molecular flexibility index (Phi) is 6.16. The number of benzene rings is 2. The predicted octanol–water partition coefficient (Wildman–Crippen LogP) is 2.34. The number of rotatable bonds is 8. The topological polar surface area (TPSA) is 107 Å². The lowest BCUT2D eigenvalue weighted by atomic mass is 10.3. The molecule has 1 heterocycles. The van der Waals surface area contributed by atoms with E-state index < -0.39 is 0 Å². The molecule has 1 aromatic heterocycles. The molecule has 140 valence electrons. The first-order valence-electron chi connectivity index (χ1n) is 8.20. The molecule has 0 spiro atoms. The van der Waals surface area contributed by atoms with Crippen LogP contribution in [0.5, 0.6) is 5.75 Å². The summed E-state index contributed by atoms with van der Waals surface area (Å²) in [5.41, 5.74) is 1.66. The highest BCUT2D eigenvalue weighted by Gasteiger charge is 2.12. The first kappa shape index (κ1) is 18.6. The van der Waals surface area contributed by atoms with Crippen LogP contribution >= 0.6 is 11.8 Å². The Morgan fingerprint density at radius 2 is 1.85 bits per heavy atom. The van der Waals surface area contributed by atoms with Crippen LogP contribution in [0, 0.1) is 0 Å². The van der Waals surface area contributed by atoms with Gasteiger partial charge in [-0.1, -0.05) is 30.0 Å². The van der Waals surface area contributed by atoms with E-state index in [1.54, 1.807) is 7.11 Å². The number of hydrogen-bond acceptors (Lipinski definition) is 7. The maximum Gasteiger partial charge on any atom is 0.234 e. The zero-order valence-electron chi connectivity index (χ0n) is 14.8. The van der Waals surface area contributed by atoms with Crippen LogP contribution in [0.2, 0.25) is 0 Å². The molecule has 0 saturated carbocycles. The second-order valence-corrected chi connectivity index (χ2v) is 6.50. The summed E-state index contributed by atoms with van der Waals surface area (Å²) < 4.78 is 6.51. The van der Waals surface area contributed by atoms with Crippen molar-refractivity contribution >= 4 is 29.0 Å². The van der Waals surface area contributed by atoms with Gasteiger partial charge in [-0.15, -0.1) is 10.2 Å². The summed E-state index contributed by atoms with van der Waals surface area (Å²) in [7, 11) is 1.62. The summed E-state index contributed by atoms with van der Waals surface area (Å²) in [6.07, 6.45) is 0. The molecule has 0 fully saturated rings. The number of anilines is 2. The van der Waals surface area contributed by atoms with Gasteiger partial charge in [-0.2, -0.15) is 0 Å². The van der Waals surface area contributed by atoms with Gasteiger partial charge in [-0.25, -0.2) is 4.68 Å². The number of nitrogens with zero attached hydrogens (tertiary/aromatic N) is 3. The Bertz CT molecular complexity index is 883. The van der Waals surface area contributed by atoms with E-state index >= 15 is 0 Å². The van der Waals surface area contributed by atoms with Crippen molar-refractivity contribution in [2.75, 3.05) is 29.3 Å². The quantitative estimate of drug-likeness (QED) is 0.404. The SMILES string of the molecule is COc1ccc(NCc2nnc(SCC(=O)Nc3ccccc3)n2N)cc1. The van der Waals surface area contributed by atoms with E-state index in [0.717, 1.165) is 17.1 Å². The molecule has 2 aromatic carbocycles. The number of amides is 1. The minimum Gasteiger partial charge on any atom is -0.497 e. The first-order valence-corrected chi connectivity index (χ1v) is 9.19. The molecule has 4 N–H and O–H groups in total. The second-order valence-electron chi connectivity index (χ2n) is 5.55. The Morgan fingerprint density at radius 1 is 1.11 bits per heavy atom. The maximum atomic E-state index is 12.0. The standard InChI is InChI=1S/C18H20N6O2S/c1-26-15-9-7-13(8-10-15)20-11-16-22-23-18(24(16)19)27-12-17(25)21-14-5-3-2-4-6-14/h2-10,20H,11-12,19H2,1H3,(H,21,25). The molecular formula is C18H20N6O2S. The second kappa shape index (κ2) is 8.95. The molecule has 3 aromatic rings. The number of methoxy groups -OCH3 is 1. The molecule has 8 nitrogen and oxygen atoms in total. The van der Waals surface area contributed by atoms with Gasteiger partial charge in [-0.05, 0) is 36.4 Å². The number of ether oxygens (including phenoxy) is 1. The minimum absolute atomic E-state index is 0.132. The fourth-order valence-corrected chi connectivity index (χ4v) is 2.94. The Hall–Kier alpha value is -3.20. The Labute approximate surface area is 161 Å². The lowest BCUT2D eigenvalue weighted by molar-refractivity contribution is -0.113. The van der Waals surface area contributed by atoms with E-state index in [0.29, 0.717) is 17.5 Å². The van der Waals surface area contributed by atoms with Crippen LogP contribution in [0.1, 0.15) is 5.82 Å². The van der Waals surface area contributed by atoms with Crippen LogP contribution in [-0.2, 0) is 11.3 Å². The van der Waals surface area contributed by atoms with Crippen LogP contribution in [0.4, 0.5) is 11.4 Å². The molecule has 27 heavy (non-hydrogen) atoms. The molecule has 0 radical (unpaired) electrons. The van der Waals surface area contributed by atoms with E-state index in [1.165, 1.54) is 16.4 Å². The molecule has 0 aliphatic heterocycles. The van der Waals surface area contributed by atoms with Crippen LogP contribution < -0.4 is 21.2 Å². The number of nitrogens with two attached hydrogens (primary N) is 1. The number of nitrogens with one attached hydrogen (secondary N) is 2. The van der Waals surface area contributed by atoms with Gasteiger partial charge in [0.25, 0.3) is 0 Å². The fourth-order valence-electron chi connectivity index (χ4n) is 2.26. The average molecular weight is 384 g/mol. The van der Waals surface area contributed by atoms with Crippen molar-refractivity contribution in [3.8, 4) is 5.75 Å². The fraction of sp³-hybridized carbons (Fsp3) is 0.167. The third-order valence-electron chi connectivity index (χ3n) is 3.67. The van der Waals surface area contributed by atoms with E-state index in [9.17, 15) is 4.79 Å². The van der Waals surface area contributed by atoms with Crippen LogP contribution in [0.25, 0.3) is 0 Å². The molecule has 0 saturated heterocycles. The molecular weight excluding hydrogens is 364 g/mol. The Balaban J connectivity index is 1.51. The summed E-state index contributed by atoms with van der Waals surface area (Å²) in [6, 6.07) is 16.8. The molecule has 0 aliphatic carbocycles. The van der Waals surface area contributed by atoms with Gasteiger partial charge in [0.1, 0.15) is 5.75 Å². The van der Waals surface area contributed by atoms with Crippen molar-refractivity contribution in [3.05, 3.63) is 60.4 Å². The lowest BCUT2D eigenvalue weighted by Gasteiger charge is -2.07. The number of hydrogen-bond donors (Lipinski definition) is 3. The van der Waals surface area contributed by atoms with Gasteiger partial charge in [-0.3, -0.25) is 4.79 Å². The smallest absolute Gasteiger partial charge is 0.234 e. The number of carbonyl (C=O) groups is 1. The maximum absolute atomic E-state index is 12.0. The molecule has 0 bridgehead atoms. The summed E-state index contributed by atoms with van der Waals surface area (Å²) in [5, 5.41) is 14.6. The largest absolute Gasteiger partial charge is 0.497 e. The van der Waals surface area contributed by atoms with Crippen molar-refractivity contribution in [2.24, 2.45) is 0 Å². The third-order valence-corrected chi connectivity index (χ3v) is 4.61. The van der Waals surface area contributed by atoms with Crippen LogP contribution in [0.15, 0.2) is 59.8 Å². The van der Waals surface area contributed by atoms with Crippen molar-refractivity contribution in [3.63, 3.8) is 0 Å². The molecule has 0 unspecified atom stereocenters. The zero-order valence-corrected chi connectivity index (χ0v) is 15.6. The number of para-hydroxylation sites is 1. The normalized spacial score (nSPS) is 10.4. The zero-order chi connectivity index (χ0) is 19.1.